The Balaban J connectivity index is 2.37. The maximum atomic E-state index is 12.6. The molecule has 2 rings (SSSR count). The lowest BCUT2D eigenvalue weighted by atomic mass is 10.1. The Bertz CT molecular complexity index is 617. The van der Waals surface area contributed by atoms with Crippen LogP contribution >= 0.6 is 38.9 Å². The fourth-order valence-corrected chi connectivity index (χ4v) is 2.97. The third-order valence-electron chi connectivity index (χ3n) is 2.49. The van der Waals surface area contributed by atoms with Crippen LogP contribution in [0, 0.1) is 0 Å². The van der Waals surface area contributed by atoms with Gasteiger partial charge in [0.15, 0.2) is 5.01 Å². The van der Waals surface area contributed by atoms with Crippen LogP contribution < -0.4 is 11.3 Å². The molecule has 0 fully saturated rings. The van der Waals surface area contributed by atoms with Crippen LogP contribution in [-0.2, 0) is 6.18 Å². The van der Waals surface area contributed by atoms with Crippen molar-refractivity contribution in [3.05, 3.63) is 49.3 Å². The van der Waals surface area contributed by atoms with Gasteiger partial charge >= 0.3 is 6.18 Å². The summed E-state index contributed by atoms with van der Waals surface area (Å²) in [7, 11) is 0. The Kier molecular flexibility index (Phi) is 4.70. The molecule has 0 aliphatic rings. The lowest BCUT2D eigenvalue weighted by molar-refractivity contribution is -0.137. The van der Waals surface area contributed by atoms with Crippen LogP contribution in [0.1, 0.15) is 21.5 Å². The SMILES string of the molecule is NNC(c1ccc(Cl)c(Br)c1)c1cnc(C(F)(F)F)s1. The van der Waals surface area contributed by atoms with Crippen molar-refractivity contribution in [3.8, 4) is 0 Å². The number of hydrazine groups is 1. The number of hydrogen-bond acceptors (Lipinski definition) is 4. The fraction of sp³-hybridized carbons (Fsp3) is 0.182. The largest absolute Gasteiger partial charge is 0.443 e. The van der Waals surface area contributed by atoms with Gasteiger partial charge in [0.05, 0.1) is 11.1 Å². The molecule has 0 aliphatic carbocycles. The van der Waals surface area contributed by atoms with Crippen molar-refractivity contribution in [3.63, 3.8) is 0 Å². The zero-order chi connectivity index (χ0) is 14.9. The summed E-state index contributed by atoms with van der Waals surface area (Å²) in [5, 5.41) is -0.398. The summed E-state index contributed by atoms with van der Waals surface area (Å²) in [4.78, 5) is 3.75. The first-order valence-electron chi connectivity index (χ1n) is 5.27. The first-order valence-corrected chi connectivity index (χ1v) is 7.25. The smallest absolute Gasteiger partial charge is 0.271 e. The third kappa shape index (κ3) is 3.32. The number of aromatic nitrogens is 1. The van der Waals surface area contributed by atoms with Crippen LogP contribution in [0.25, 0.3) is 0 Å². The standard InChI is InChI=1S/C11H8BrClF3N3S/c12-6-3-5(1-2-7(6)13)9(19-17)8-4-18-10(20-8)11(14,15)16/h1-4,9,19H,17H2. The summed E-state index contributed by atoms with van der Waals surface area (Å²) in [5.41, 5.74) is 3.17. The number of nitrogens with zero attached hydrogens (tertiary/aromatic N) is 1. The maximum absolute atomic E-state index is 12.6. The molecule has 0 spiro atoms. The molecule has 3 N–H and O–H groups in total. The number of hydrogen-bond donors (Lipinski definition) is 2. The predicted octanol–water partition coefficient (Wildman–Crippen LogP) is 4.13. The minimum atomic E-state index is -4.46. The topological polar surface area (TPSA) is 50.9 Å². The van der Waals surface area contributed by atoms with Crippen LogP contribution in [0.3, 0.4) is 0 Å². The van der Waals surface area contributed by atoms with E-state index < -0.39 is 17.2 Å². The summed E-state index contributed by atoms with van der Waals surface area (Å²) in [6.07, 6.45) is -3.29. The number of nitrogens with two attached hydrogens (primary N) is 1. The van der Waals surface area contributed by atoms with Crippen molar-refractivity contribution >= 4 is 38.9 Å². The first-order chi connectivity index (χ1) is 9.32. The molecular weight excluding hydrogens is 379 g/mol. The average Bonchev–Trinajstić information content (AvgIpc) is 2.84. The van der Waals surface area contributed by atoms with Gasteiger partial charge in [0, 0.05) is 15.5 Å². The lowest BCUT2D eigenvalue weighted by Gasteiger charge is -2.15. The Morgan fingerprint density at radius 1 is 1.40 bits per heavy atom. The van der Waals surface area contributed by atoms with Gasteiger partial charge in [-0.15, -0.1) is 11.3 Å². The van der Waals surface area contributed by atoms with Crippen LogP contribution in [0.4, 0.5) is 13.2 Å². The van der Waals surface area contributed by atoms with Gasteiger partial charge in [-0.3, -0.25) is 5.84 Å². The van der Waals surface area contributed by atoms with Crippen molar-refractivity contribution in [2.75, 3.05) is 0 Å². The van der Waals surface area contributed by atoms with Gasteiger partial charge in [-0.25, -0.2) is 10.4 Å². The summed E-state index contributed by atoms with van der Waals surface area (Å²) in [6.45, 7) is 0. The summed E-state index contributed by atoms with van der Waals surface area (Å²) < 4.78 is 38.3. The second-order valence-corrected chi connectivity index (χ2v) is 6.16. The van der Waals surface area contributed by atoms with Crippen molar-refractivity contribution in [1.29, 1.82) is 0 Å². The normalized spacial score (nSPS) is 13.5. The summed E-state index contributed by atoms with van der Waals surface area (Å²) in [5.74, 6) is 5.44. The minimum Gasteiger partial charge on any atom is -0.271 e. The van der Waals surface area contributed by atoms with E-state index in [0.29, 0.717) is 31.3 Å². The molecule has 20 heavy (non-hydrogen) atoms. The van der Waals surface area contributed by atoms with Gasteiger partial charge < -0.3 is 0 Å². The van der Waals surface area contributed by atoms with Crippen LogP contribution in [-0.4, -0.2) is 4.98 Å². The van der Waals surface area contributed by atoms with E-state index >= 15 is 0 Å². The number of halogens is 5. The molecule has 1 aromatic heterocycles. The van der Waals surface area contributed by atoms with Gasteiger partial charge in [-0.1, -0.05) is 17.7 Å². The number of rotatable bonds is 3. The zero-order valence-electron chi connectivity index (χ0n) is 9.71. The second-order valence-electron chi connectivity index (χ2n) is 3.84. The highest BCUT2D eigenvalue weighted by Crippen LogP contribution is 2.36. The Morgan fingerprint density at radius 2 is 2.10 bits per heavy atom. The second kappa shape index (κ2) is 5.98. The molecule has 0 aliphatic heterocycles. The highest BCUT2D eigenvalue weighted by atomic mass is 79.9. The average molecular weight is 387 g/mol. The number of thiazole rings is 1. The molecule has 3 nitrogen and oxygen atoms in total. The van der Waals surface area contributed by atoms with E-state index in [2.05, 4.69) is 26.3 Å². The predicted molar refractivity (Wildman–Crippen MR) is 75.4 cm³/mol. The van der Waals surface area contributed by atoms with E-state index in [1.165, 1.54) is 6.20 Å². The first kappa shape index (κ1) is 15.7. The van der Waals surface area contributed by atoms with Crippen LogP contribution in [0.15, 0.2) is 28.9 Å². The van der Waals surface area contributed by atoms with Crippen LogP contribution in [0.2, 0.25) is 5.02 Å². The summed E-state index contributed by atoms with van der Waals surface area (Å²) in [6, 6.07) is 4.43. The molecule has 0 amide bonds. The van der Waals surface area contributed by atoms with E-state index in [-0.39, 0.29) is 0 Å². The molecular formula is C11H8BrClF3N3S. The minimum absolute atomic E-state index is 0.369. The number of nitrogens with one attached hydrogen (secondary N) is 1. The van der Waals surface area contributed by atoms with Gasteiger partial charge in [0.2, 0.25) is 0 Å². The van der Waals surface area contributed by atoms with E-state index in [1.807, 2.05) is 0 Å². The highest BCUT2D eigenvalue weighted by Gasteiger charge is 2.35. The maximum Gasteiger partial charge on any atom is 0.443 e. The number of alkyl halides is 3. The molecule has 1 unspecified atom stereocenters. The zero-order valence-corrected chi connectivity index (χ0v) is 12.9. The number of benzene rings is 1. The Morgan fingerprint density at radius 3 is 2.60 bits per heavy atom. The molecule has 1 aromatic carbocycles. The fourth-order valence-electron chi connectivity index (χ4n) is 1.59. The van der Waals surface area contributed by atoms with E-state index in [1.54, 1.807) is 18.2 Å². The molecule has 9 heteroatoms. The van der Waals surface area contributed by atoms with E-state index in [0.717, 1.165) is 0 Å². The van der Waals surface area contributed by atoms with Crippen molar-refractivity contribution in [2.24, 2.45) is 5.84 Å². The quantitative estimate of drug-likeness (QED) is 0.616. The Hall–Kier alpha value is -0.670. The molecule has 2 aromatic rings. The van der Waals surface area contributed by atoms with Gasteiger partial charge in [-0.2, -0.15) is 13.2 Å². The molecule has 0 saturated carbocycles. The third-order valence-corrected chi connectivity index (χ3v) is 4.82. The lowest BCUT2D eigenvalue weighted by Crippen LogP contribution is -2.28. The Labute approximate surface area is 130 Å². The molecule has 108 valence electrons. The monoisotopic (exact) mass is 385 g/mol. The summed E-state index contributed by atoms with van der Waals surface area (Å²) >= 11 is 9.69. The van der Waals surface area contributed by atoms with Crippen molar-refractivity contribution < 1.29 is 13.2 Å². The van der Waals surface area contributed by atoms with Crippen LogP contribution in [0.5, 0.6) is 0 Å². The van der Waals surface area contributed by atoms with Gasteiger partial charge in [0.1, 0.15) is 0 Å². The van der Waals surface area contributed by atoms with Crippen molar-refractivity contribution in [2.45, 2.75) is 12.2 Å². The molecule has 0 bridgehead atoms. The molecule has 1 atom stereocenters. The highest BCUT2D eigenvalue weighted by molar-refractivity contribution is 9.10. The van der Waals surface area contributed by atoms with Crippen molar-refractivity contribution in [1.82, 2.24) is 10.4 Å². The van der Waals surface area contributed by atoms with Gasteiger partial charge in [-0.05, 0) is 33.6 Å². The molecule has 0 radical (unpaired) electrons. The van der Waals surface area contributed by atoms with E-state index in [9.17, 15) is 13.2 Å². The van der Waals surface area contributed by atoms with E-state index in [4.69, 9.17) is 17.4 Å². The molecule has 1 heterocycles. The van der Waals surface area contributed by atoms with Gasteiger partial charge in [0.25, 0.3) is 0 Å². The molecule has 0 saturated heterocycles.